The molecule has 2 saturated heterocycles. The molecule has 3 aliphatic heterocycles. The van der Waals surface area contributed by atoms with E-state index in [9.17, 15) is 9.59 Å². The van der Waals surface area contributed by atoms with E-state index in [2.05, 4.69) is 58.3 Å². The third-order valence-corrected chi connectivity index (χ3v) is 5.60. The van der Waals surface area contributed by atoms with Crippen molar-refractivity contribution in [3.05, 3.63) is 35.4 Å². The van der Waals surface area contributed by atoms with Crippen molar-refractivity contribution in [3.8, 4) is 0 Å². The Morgan fingerprint density at radius 2 is 1.74 bits per heavy atom. The highest BCUT2D eigenvalue weighted by Gasteiger charge is 2.49. The number of hydrogen-bond acceptors (Lipinski definition) is 6. The van der Waals surface area contributed by atoms with Crippen LogP contribution in [-0.2, 0) is 11.3 Å². The fourth-order valence-electron chi connectivity index (χ4n) is 3.84. The summed E-state index contributed by atoms with van der Waals surface area (Å²) in [4.78, 5) is 37.7. The zero-order chi connectivity index (χ0) is 19.1. The second-order valence-electron chi connectivity index (χ2n) is 7.60. The van der Waals surface area contributed by atoms with Crippen molar-refractivity contribution in [2.75, 3.05) is 40.3 Å². The molecule has 1 aromatic rings. The molecule has 3 amide bonds. The summed E-state index contributed by atoms with van der Waals surface area (Å²) in [5.41, 5.74) is 2.32. The SMILES string of the molecule is Cc1ccc(CN2C(N3CCN(C)CC3)=NC3C2C(=O)NC(=O)N3C)cc1. The molecule has 3 aliphatic rings. The highest BCUT2D eigenvalue weighted by molar-refractivity contribution is 6.03. The second kappa shape index (κ2) is 6.84. The molecule has 1 N–H and O–H groups in total. The first kappa shape index (κ1) is 17.8. The summed E-state index contributed by atoms with van der Waals surface area (Å²) >= 11 is 0. The number of imide groups is 1. The third-order valence-electron chi connectivity index (χ3n) is 5.60. The number of rotatable bonds is 2. The van der Waals surface area contributed by atoms with Gasteiger partial charge in [-0.3, -0.25) is 10.1 Å². The zero-order valence-corrected chi connectivity index (χ0v) is 16.1. The van der Waals surface area contributed by atoms with Crippen molar-refractivity contribution in [2.45, 2.75) is 25.7 Å². The summed E-state index contributed by atoms with van der Waals surface area (Å²) < 4.78 is 0. The van der Waals surface area contributed by atoms with E-state index >= 15 is 0 Å². The number of carbonyl (C=O) groups excluding carboxylic acids is 2. The number of urea groups is 1. The molecule has 27 heavy (non-hydrogen) atoms. The summed E-state index contributed by atoms with van der Waals surface area (Å²) in [7, 11) is 3.80. The highest BCUT2D eigenvalue weighted by atomic mass is 16.2. The summed E-state index contributed by atoms with van der Waals surface area (Å²) in [5, 5.41) is 2.46. The summed E-state index contributed by atoms with van der Waals surface area (Å²) in [6.07, 6.45) is -0.480. The van der Waals surface area contributed by atoms with Crippen LogP contribution in [0.15, 0.2) is 29.3 Å². The number of piperazine rings is 1. The van der Waals surface area contributed by atoms with Gasteiger partial charge in [-0.15, -0.1) is 0 Å². The Bertz CT molecular complexity index is 769. The molecule has 0 aliphatic carbocycles. The standard InChI is InChI=1S/C19H26N6O2/c1-13-4-6-14(7-5-13)12-25-15-16(23(3)19(27)21-17(15)26)20-18(25)24-10-8-22(2)9-11-24/h4-7,15-16H,8-12H2,1-3H3,(H,21,26,27). The Morgan fingerprint density at radius 3 is 2.41 bits per heavy atom. The van der Waals surface area contributed by atoms with Gasteiger partial charge in [-0.25, -0.2) is 9.79 Å². The first-order valence-corrected chi connectivity index (χ1v) is 9.35. The fraction of sp³-hybridized carbons (Fsp3) is 0.526. The van der Waals surface area contributed by atoms with Crippen LogP contribution in [0, 0.1) is 6.92 Å². The number of hydrogen-bond donors (Lipinski definition) is 1. The number of amides is 3. The first-order chi connectivity index (χ1) is 12.9. The lowest BCUT2D eigenvalue weighted by molar-refractivity contribution is -0.127. The summed E-state index contributed by atoms with van der Waals surface area (Å²) in [5.74, 6) is 0.540. The minimum Gasteiger partial charge on any atom is -0.340 e. The highest BCUT2D eigenvalue weighted by Crippen LogP contribution is 2.27. The number of nitrogens with zero attached hydrogens (tertiary/aromatic N) is 5. The van der Waals surface area contributed by atoms with Gasteiger partial charge in [0, 0.05) is 39.8 Å². The third kappa shape index (κ3) is 3.25. The Morgan fingerprint density at radius 1 is 1.07 bits per heavy atom. The van der Waals surface area contributed by atoms with E-state index in [1.54, 1.807) is 7.05 Å². The lowest BCUT2D eigenvalue weighted by Crippen LogP contribution is -2.64. The predicted octanol–water partition coefficient (Wildman–Crippen LogP) is 0.290. The van der Waals surface area contributed by atoms with E-state index in [4.69, 9.17) is 4.99 Å². The molecule has 3 heterocycles. The number of guanidine groups is 1. The molecular formula is C19H26N6O2. The van der Waals surface area contributed by atoms with Gasteiger partial charge in [-0.05, 0) is 19.5 Å². The molecule has 1 aromatic carbocycles. The van der Waals surface area contributed by atoms with Crippen molar-refractivity contribution >= 4 is 17.9 Å². The number of nitrogens with one attached hydrogen (secondary N) is 1. The minimum atomic E-state index is -0.497. The molecule has 0 spiro atoms. The van der Waals surface area contributed by atoms with Crippen LogP contribution < -0.4 is 5.32 Å². The Hall–Kier alpha value is -2.61. The second-order valence-corrected chi connectivity index (χ2v) is 7.60. The molecule has 0 saturated carbocycles. The van der Waals surface area contributed by atoms with Gasteiger partial charge in [0.05, 0.1) is 0 Å². The van der Waals surface area contributed by atoms with Crippen LogP contribution in [0.4, 0.5) is 4.79 Å². The van der Waals surface area contributed by atoms with Crippen LogP contribution in [0.25, 0.3) is 0 Å². The topological polar surface area (TPSA) is 71.5 Å². The quantitative estimate of drug-likeness (QED) is 0.810. The molecule has 144 valence electrons. The largest absolute Gasteiger partial charge is 0.340 e. The number of carbonyl (C=O) groups is 2. The van der Waals surface area contributed by atoms with Crippen LogP contribution in [0.1, 0.15) is 11.1 Å². The predicted molar refractivity (Wildman–Crippen MR) is 102 cm³/mol. The minimum absolute atomic E-state index is 0.275. The van der Waals surface area contributed by atoms with E-state index in [-0.39, 0.29) is 11.9 Å². The molecule has 0 bridgehead atoms. The van der Waals surface area contributed by atoms with E-state index in [1.807, 2.05) is 0 Å². The number of aliphatic imine (C=N–C) groups is 1. The summed E-state index contributed by atoms with van der Waals surface area (Å²) in [6.45, 7) is 6.27. The maximum atomic E-state index is 12.7. The fourth-order valence-corrected chi connectivity index (χ4v) is 3.84. The van der Waals surface area contributed by atoms with Crippen LogP contribution in [0.5, 0.6) is 0 Å². The van der Waals surface area contributed by atoms with Crippen molar-refractivity contribution in [3.63, 3.8) is 0 Å². The van der Waals surface area contributed by atoms with Gasteiger partial charge in [0.25, 0.3) is 5.91 Å². The average molecular weight is 370 g/mol. The molecule has 4 rings (SSSR count). The van der Waals surface area contributed by atoms with Crippen LogP contribution in [0.2, 0.25) is 0 Å². The van der Waals surface area contributed by atoms with Gasteiger partial charge in [-0.1, -0.05) is 29.8 Å². The van der Waals surface area contributed by atoms with Gasteiger partial charge < -0.3 is 19.6 Å². The normalized spacial score (nSPS) is 26.2. The van der Waals surface area contributed by atoms with E-state index in [0.29, 0.717) is 6.54 Å². The van der Waals surface area contributed by atoms with Crippen molar-refractivity contribution in [2.24, 2.45) is 4.99 Å². The first-order valence-electron chi connectivity index (χ1n) is 9.35. The van der Waals surface area contributed by atoms with Gasteiger partial charge in [-0.2, -0.15) is 0 Å². The maximum absolute atomic E-state index is 12.7. The van der Waals surface area contributed by atoms with Crippen molar-refractivity contribution in [1.82, 2.24) is 24.9 Å². The van der Waals surface area contributed by atoms with Gasteiger partial charge in [0.15, 0.2) is 18.2 Å². The smallest absolute Gasteiger partial charge is 0.325 e. The van der Waals surface area contributed by atoms with Crippen molar-refractivity contribution in [1.29, 1.82) is 0 Å². The number of likely N-dealkylation sites (N-methyl/N-ethyl adjacent to an activating group) is 2. The van der Waals surface area contributed by atoms with E-state index < -0.39 is 12.2 Å². The van der Waals surface area contributed by atoms with Crippen LogP contribution in [0.3, 0.4) is 0 Å². The Balaban J connectivity index is 1.65. The average Bonchev–Trinajstić information content (AvgIpc) is 3.02. The molecule has 8 heteroatoms. The molecule has 2 atom stereocenters. The van der Waals surface area contributed by atoms with Gasteiger partial charge >= 0.3 is 6.03 Å². The van der Waals surface area contributed by atoms with E-state index in [0.717, 1.165) is 37.7 Å². The zero-order valence-electron chi connectivity index (χ0n) is 16.1. The Kier molecular flexibility index (Phi) is 4.51. The molecule has 8 nitrogen and oxygen atoms in total. The molecule has 0 radical (unpaired) electrons. The molecule has 2 unspecified atom stereocenters. The Labute approximate surface area is 159 Å². The lowest BCUT2D eigenvalue weighted by Gasteiger charge is -2.39. The molecule has 2 fully saturated rings. The van der Waals surface area contributed by atoms with Crippen LogP contribution in [-0.4, -0.2) is 90.0 Å². The lowest BCUT2D eigenvalue weighted by atomic mass is 10.1. The number of aryl methyl sites for hydroxylation is 1. The van der Waals surface area contributed by atoms with Crippen molar-refractivity contribution < 1.29 is 9.59 Å². The summed E-state index contributed by atoms with van der Waals surface area (Å²) in [6, 6.07) is 7.43. The maximum Gasteiger partial charge on any atom is 0.325 e. The van der Waals surface area contributed by atoms with Gasteiger partial charge in [0.2, 0.25) is 0 Å². The number of fused-ring (bicyclic) bond motifs is 1. The van der Waals surface area contributed by atoms with Gasteiger partial charge in [0.1, 0.15) is 0 Å². The molecular weight excluding hydrogens is 344 g/mol. The van der Waals surface area contributed by atoms with Crippen LogP contribution >= 0.6 is 0 Å². The molecule has 0 aromatic heterocycles. The van der Waals surface area contributed by atoms with E-state index in [1.165, 1.54) is 10.5 Å². The number of benzene rings is 1. The monoisotopic (exact) mass is 370 g/mol.